The van der Waals surface area contributed by atoms with E-state index in [1.807, 2.05) is 12.3 Å². The SMILES string of the molecule is CCCCN(CCBr)c1ncc(Br)cc1Br. The first-order valence-electron chi connectivity index (χ1n) is 5.31. The summed E-state index contributed by atoms with van der Waals surface area (Å²) in [4.78, 5) is 6.76. The van der Waals surface area contributed by atoms with Crippen molar-refractivity contribution < 1.29 is 0 Å². The van der Waals surface area contributed by atoms with Gasteiger partial charge in [0.15, 0.2) is 0 Å². The van der Waals surface area contributed by atoms with Gasteiger partial charge in [-0.3, -0.25) is 0 Å². The van der Waals surface area contributed by atoms with E-state index < -0.39 is 0 Å². The average molecular weight is 415 g/mol. The zero-order valence-corrected chi connectivity index (χ0v) is 14.0. The molecule has 0 bridgehead atoms. The first-order chi connectivity index (χ1) is 7.69. The Balaban J connectivity index is 2.82. The summed E-state index contributed by atoms with van der Waals surface area (Å²) in [6.07, 6.45) is 4.23. The van der Waals surface area contributed by atoms with Crippen molar-refractivity contribution in [3.63, 3.8) is 0 Å². The molecular formula is C11H15Br3N2. The third-order valence-electron chi connectivity index (χ3n) is 2.22. The van der Waals surface area contributed by atoms with E-state index in [1.165, 1.54) is 12.8 Å². The molecule has 0 saturated carbocycles. The Kier molecular flexibility index (Phi) is 6.92. The topological polar surface area (TPSA) is 16.1 Å². The van der Waals surface area contributed by atoms with Crippen molar-refractivity contribution in [1.29, 1.82) is 0 Å². The summed E-state index contributed by atoms with van der Waals surface area (Å²) in [5.41, 5.74) is 0. The zero-order valence-electron chi connectivity index (χ0n) is 9.22. The molecule has 0 fully saturated rings. The molecule has 0 saturated heterocycles. The van der Waals surface area contributed by atoms with Crippen LogP contribution in [-0.4, -0.2) is 23.4 Å². The molecule has 0 amide bonds. The van der Waals surface area contributed by atoms with Crippen LogP contribution in [0.1, 0.15) is 19.8 Å². The molecule has 0 aliphatic carbocycles. The maximum atomic E-state index is 4.46. The van der Waals surface area contributed by atoms with Crippen LogP contribution in [0.3, 0.4) is 0 Å². The molecule has 16 heavy (non-hydrogen) atoms. The van der Waals surface area contributed by atoms with E-state index in [0.717, 1.165) is 33.2 Å². The lowest BCUT2D eigenvalue weighted by Gasteiger charge is -2.23. The second-order valence-electron chi connectivity index (χ2n) is 3.49. The number of aromatic nitrogens is 1. The summed E-state index contributed by atoms with van der Waals surface area (Å²) in [6, 6.07) is 2.04. The second-order valence-corrected chi connectivity index (χ2v) is 6.05. The van der Waals surface area contributed by atoms with E-state index in [1.54, 1.807) is 0 Å². The van der Waals surface area contributed by atoms with E-state index in [2.05, 4.69) is 64.6 Å². The monoisotopic (exact) mass is 412 g/mol. The molecule has 0 unspecified atom stereocenters. The minimum absolute atomic E-state index is 0.959. The Morgan fingerprint density at radius 3 is 2.62 bits per heavy atom. The fraction of sp³-hybridized carbons (Fsp3) is 0.545. The molecule has 0 spiro atoms. The molecule has 5 heteroatoms. The number of halogens is 3. The highest BCUT2D eigenvalue weighted by atomic mass is 79.9. The van der Waals surface area contributed by atoms with Gasteiger partial charge in [0.1, 0.15) is 5.82 Å². The standard InChI is InChI=1S/C11H15Br3N2/c1-2-3-5-16(6-4-12)11-10(14)7-9(13)8-15-11/h7-8H,2-6H2,1H3. The maximum absolute atomic E-state index is 4.46. The summed E-state index contributed by atoms with van der Waals surface area (Å²) in [6.45, 7) is 4.24. The first-order valence-corrected chi connectivity index (χ1v) is 8.01. The van der Waals surface area contributed by atoms with Crippen molar-refractivity contribution in [2.75, 3.05) is 23.3 Å². The van der Waals surface area contributed by atoms with Crippen LogP contribution in [0.15, 0.2) is 21.2 Å². The lowest BCUT2D eigenvalue weighted by Crippen LogP contribution is -2.27. The van der Waals surface area contributed by atoms with Gasteiger partial charge in [-0.05, 0) is 44.3 Å². The van der Waals surface area contributed by atoms with Gasteiger partial charge in [0.2, 0.25) is 0 Å². The highest BCUT2D eigenvalue weighted by Gasteiger charge is 2.10. The van der Waals surface area contributed by atoms with Crippen LogP contribution in [-0.2, 0) is 0 Å². The van der Waals surface area contributed by atoms with Gasteiger partial charge >= 0.3 is 0 Å². The largest absolute Gasteiger partial charge is 0.355 e. The Morgan fingerprint density at radius 1 is 1.31 bits per heavy atom. The van der Waals surface area contributed by atoms with Crippen LogP contribution in [0, 0.1) is 0 Å². The van der Waals surface area contributed by atoms with Crippen molar-refractivity contribution in [2.24, 2.45) is 0 Å². The minimum atomic E-state index is 0.959. The second kappa shape index (κ2) is 7.67. The van der Waals surface area contributed by atoms with Gasteiger partial charge in [-0.2, -0.15) is 0 Å². The Morgan fingerprint density at radius 2 is 2.06 bits per heavy atom. The molecule has 1 rings (SSSR count). The third kappa shape index (κ3) is 4.34. The van der Waals surface area contributed by atoms with Crippen LogP contribution in [0.2, 0.25) is 0 Å². The molecule has 0 atom stereocenters. The lowest BCUT2D eigenvalue weighted by atomic mass is 10.3. The van der Waals surface area contributed by atoms with Gasteiger partial charge in [-0.1, -0.05) is 29.3 Å². The molecular weight excluding hydrogens is 400 g/mol. The fourth-order valence-electron chi connectivity index (χ4n) is 1.41. The molecule has 2 nitrogen and oxygen atoms in total. The number of unbranched alkanes of at least 4 members (excludes halogenated alkanes) is 1. The smallest absolute Gasteiger partial charge is 0.142 e. The number of alkyl halides is 1. The van der Waals surface area contributed by atoms with Gasteiger partial charge in [-0.25, -0.2) is 4.98 Å². The Labute approximate surface area is 122 Å². The summed E-state index contributed by atoms with van der Waals surface area (Å²) in [7, 11) is 0. The molecule has 0 aromatic carbocycles. The summed E-state index contributed by atoms with van der Waals surface area (Å²) >= 11 is 10.5. The predicted molar refractivity (Wildman–Crippen MR) is 80.6 cm³/mol. The van der Waals surface area contributed by atoms with Crippen LogP contribution >= 0.6 is 47.8 Å². The molecule has 1 heterocycles. The highest BCUT2D eigenvalue weighted by molar-refractivity contribution is 9.11. The molecule has 1 aromatic rings. The maximum Gasteiger partial charge on any atom is 0.142 e. The quantitative estimate of drug-likeness (QED) is 0.632. The number of hydrogen-bond donors (Lipinski definition) is 0. The van der Waals surface area contributed by atoms with Crippen molar-refractivity contribution in [1.82, 2.24) is 4.98 Å². The Bertz CT molecular complexity index is 331. The number of nitrogens with zero attached hydrogens (tertiary/aromatic N) is 2. The first kappa shape index (κ1) is 14.5. The van der Waals surface area contributed by atoms with E-state index in [-0.39, 0.29) is 0 Å². The van der Waals surface area contributed by atoms with E-state index in [0.29, 0.717) is 0 Å². The highest BCUT2D eigenvalue weighted by Crippen LogP contribution is 2.26. The normalized spacial score (nSPS) is 10.5. The number of hydrogen-bond acceptors (Lipinski definition) is 2. The van der Waals surface area contributed by atoms with Gasteiger partial charge < -0.3 is 4.90 Å². The van der Waals surface area contributed by atoms with Crippen molar-refractivity contribution in [3.8, 4) is 0 Å². The summed E-state index contributed by atoms with van der Waals surface area (Å²) < 4.78 is 2.04. The molecule has 0 radical (unpaired) electrons. The van der Waals surface area contributed by atoms with E-state index >= 15 is 0 Å². The van der Waals surface area contributed by atoms with Crippen LogP contribution in [0.4, 0.5) is 5.82 Å². The molecule has 90 valence electrons. The lowest BCUT2D eigenvalue weighted by molar-refractivity contribution is 0.726. The number of pyridine rings is 1. The van der Waals surface area contributed by atoms with Gasteiger partial charge in [-0.15, -0.1) is 0 Å². The molecule has 0 aliphatic rings. The summed E-state index contributed by atoms with van der Waals surface area (Å²) in [5.74, 6) is 1.02. The molecule has 0 N–H and O–H groups in total. The number of rotatable bonds is 6. The van der Waals surface area contributed by atoms with Crippen molar-refractivity contribution in [3.05, 3.63) is 21.2 Å². The minimum Gasteiger partial charge on any atom is -0.355 e. The Hall–Kier alpha value is 0.390. The predicted octanol–water partition coefficient (Wildman–Crippen LogP) is 4.61. The van der Waals surface area contributed by atoms with Gasteiger partial charge in [0, 0.05) is 29.1 Å². The fourth-order valence-corrected chi connectivity index (χ4v) is 3.08. The average Bonchev–Trinajstić information content (AvgIpc) is 2.25. The third-order valence-corrected chi connectivity index (χ3v) is 3.60. The van der Waals surface area contributed by atoms with E-state index in [4.69, 9.17) is 0 Å². The zero-order chi connectivity index (χ0) is 12.0. The summed E-state index contributed by atoms with van der Waals surface area (Å²) in [5, 5.41) is 0.959. The van der Waals surface area contributed by atoms with Crippen molar-refractivity contribution >= 4 is 53.6 Å². The van der Waals surface area contributed by atoms with Crippen LogP contribution < -0.4 is 4.90 Å². The number of anilines is 1. The van der Waals surface area contributed by atoms with Crippen LogP contribution in [0.5, 0.6) is 0 Å². The van der Waals surface area contributed by atoms with Crippen molar-refractivity contribution in [2.45, 2.75) is 19.8 Å². The van der Waals surface area contributed by atoms with E-state index in [9.17, 15) is 0 Å². The van der Waals surface area contributed by atoms with Gasteiger partial charge in [0.05, 0.1) is 4.47 Å². The molecule has 0 aliphatic heterocycles. The van der Waals surface area contributed by atoms with Gasteiger partial charge in [0.25, 0.3) is 0 Å². The van der Waals surface area contributed by atoms with Crippen LogP contribution in [0.25, 0.3) is 0 Å². The molecule has 1 aromatic heterocycles.